The summed E-state index contributed by atoms with van der Waals surface area (Å²) in [5.41, 5.74) is -3.11. The molecule has 0 radical (unpaired) electrons. The van der Waals surface area contributed by atoms with Gasteiger partial charge < -0.3 is 10.0 Å². The van der Waals surface area contributed by atoms with Gasteiger partial charge >= 0.3 is 29.9 Å². The van der Waals surface area contributed by atoms with Gasteiger partial charge in [0.15, 0.2) is 0 Å². The third-order valence-electron chi connectivity index (χ3n) is 4.77. The number of hydrogen-bond acceptors (Lipinski definition) is 2. The molecule has 0 aliphatic rings. The van der Waals surface area contributed by atoms with Gasteiger partial charge in [-0.25, -0.2) is 0 Å². The van der Waals surface area contributed by atoms with Crippen molar-refractivity contribution in [1.29, 1.82) is 0 Å². The maximum absolute atomic E-state index is 14.1. The Morgan fingerprint density at radius 1 is 0.774 bits per heavy atom. The van der Waals surface area contributed by atoms with E-state index in [-0.39, 0.29) is 0 Å². The van der Waals surface area contributed by atoms with Crippen LogP contribution in [0.15, 0.2) is 24.3 Å². The van der Waals surface area contributed by atoms with Crippen molar-refractivity contribution in [2.75, 3.05) is 18.0 Å². The lowest BCUT2D eigenvalue weighted by molar-refractivity contribution is -0.424. The van der Waals surface area contributed by atoms with Gasteiger partial charge in [0.25, 0.3) is 0 Å². The van der Waals surface area contributed by atoms with Crippen molar-refractivity contribution in [2.45, 2.75) is 62.7 Å². The van der Waals surface area contributed by atoms with Gasteiger partial charge in [-0.3, -0.25) is 0 Å². The van der Waals surface area contributed by atoms with Gasteiger partial charge in [0.1, 0.15) is 0 Å². The summed E-state index contributed by atoms with van der Waals surface area (Å²) in [6.07, 6.45) is -9.78. The number of alkyl halides is 11. The smallest absolute Gasteiger partial charge is 0.385 e. The van der Waals surface area contributed by atoms with Crippen molar-refractivity contribution < 1.29 is 53.4 Å². The molecule has 0 aromatic heterocycles. The molecule has 0 aliphatic heterocycles. The molecule has 1 unspecified atom stereocenters. The van der Waals surface area contributed by atoms with E-state index < -0.39 is 47.5 Å². The highest BCUT2D eigenvalue weighted by atomic mass is 19.4. The molecule has 31 heavy (non-hydrogen) atoms. The molecule has 1 N–H and O–H groups in total. The molecular weight excluding hydrogens is 455 g/mol. The van der Waals surface area contributed by atoms with E-state index in [4.69, 9.17) is 0 Å². The topological polar surface area (TPSA) is 23.5 Å². The fraction of sp³-hybridized carbons (Fsp3) is 0.667. The molecule has 13 heteroatoms. The van der Waals surface area contributed by atoms with Gasteiger partial charge in [-0.2, -0.15) is 48.3 Å². The first-order valence-electron chi connectivity index (χ1n) is 8.85. The van der Waals surface area contributed by atoms with E-state index in [1.54, 1.807) is 18.7 Å². The van der Waals surface area contributed by atoms with Crippen molar-refractivity contribution in [1.82, 2.24) is 0 Å². The number of benzene rings is 1. The minimum atomic E-state index is -7.50. The summed E-state index contributed by atoms with van der Waals surface area (Å²) in [7, 11) is 0. The predicted molar refractivity (Wildman–Crippen MR) is 90.0 cm³/mol. The van der Waals surface area contributed by atoms with Crippen molar-refractivity contribution in [3.63, 3.8) is 0 Å². The molecule has 0 saturated heterocycles. The molecule has 0 bridgehead atoms. The van der Waals surface area contributed by atoms with E-state index in [1.807, 2.05) is 0 Å². The fourth-order valence-corrected chi connectivity index (χ4v) is 2.88. The zero-order valence-electron chi connectivity index (χ0n) is 16.5. The Morgan fingerprint density at radius 2 is 1.26 bits per heavy atom. The molecule has 0 aliphatic carbocycles. The number of hydrogen-bond donors (Lipinski definition) is 1. The molecule has 0 saturated carbocycles. The summed E-state index contributed by atoms with van der Waals surface area (Å²) in [4.78, 5) is 1.66. The minimum absolute atomic E-state index is 0.340. The van der Waals surface area contributed by atoms with Crippen LogP contribution in [0.4, 0.5) is 54.0 Å². The van der Waals surface area contributed by atoms with Gasteiger partial charge in [0.05, 0.1) is 12.0 Å². The molecule has 0 spiro atoms. The van der Waals surface area contributed by atoms with E-state index in [9.17, 15) is 53.4 Å². The van der Waals surface area contributed by atoms with E-state index >= 15 is 0 Å². The SMILES string of the molecule is CCN(CC)c1cccc(C(C)(O)CC(F)(F)C(F)(F)C(F)(F)C(F)(F)C(F)(F)F)c1. The van der Waals surface area contributed by atoms with Crippen LogP contribution in [0.1, 0.15) is 32.8 Å². The molecule has 1 rings (SSSR count). The van der Waals surface area contributed by atoms with Crippen LogP contribution < -0.4 is 4.90 Å². The van der Waals surface area contributed by atoms with Crippen molar-refractivity contribution in [2.24, 2.45) is 0 Å². The van der Waals surface area contributed by atoms with E-state index in [0.29, 0.717) is 25.7 Å². The van der Waals surface area contributed by atoms with Crippen LogP contribution in [0, 0.1) is 0 Å². The summed E-state index contributed by atoms with van der Waals surface area (Å²) in [6.45, 7) is 4.78. The normalized spacial score (nSPS) is 16.2. The molecule has 0 fully saturated rings. The summed E-state index contributed by atoms with van der Waals surface area (Å²) < 4.78 is 145. The fourth-order valence-electron chi connectivity index (χ4n) is 2.88. The van der Waals surface area contributed by atoms with Crippen LogP contribution >= 0.6 is 0 Å². The summed E-state index contributed by atoms with van der Waals surface area (Å²) >= 11 is 0. The second-order valence-electron chi connectivity index (χ2n) is 7.10. The average molecular weight is 475 g/mol. The summed E-state index contributed by atoms with van der Waals surface area (Å²) in [5.74, 6) is -28.3. The maximum Gasteiger partial charge on any atom is 0.460 e. The van der Waals surface area contributed by atoms with Crippen LogP contribution in [0.2, 0.25) is 0 Å². The van der Waals surface area contributed by atoms with Gasteiger partial charge in [-0.1, -0.05) is 12.1 Å². The standard InChI is InChI=1S/C18H20F11NO/c1-4-30(5-2)12-8-6-7-11(9-12)13(3,31)10-14(19,20)15(21,22)16(23,24)17(25,26)18(27,28)29/h6-9,31H,4-5,10H2,1-3H3. The first-order chi connectivity index (χ1) is 13.7. The number of nitrogens with zero attached hydrogens (tertiary/aromatic N) is 1. The molecule has 1 aromatic rings. The molecule has 2 nitrogen and oxygen atoms in total. The van der Waals surface area contributed by atoms with Gasteiger partial charge in [0, 0.05) is 18.8 Å². The Morgan fingerprint density at radius 3 is 1.68 bits per heavy atom. The highest BCUT2D eigenvalue weighted by Crippen LogP contribution is 2.59. The van der Waals surface area contributed by atoms with Crippen LogP contribution in [0.5, 0.6) is 0 Å². The van der Waals surface area contributed by atoms with Gasteiger partial charge in [0.2, 0.25) is 0 Å². The first kappa shape index (κ1) is 27.2. The molecule has 0 heterocycles. The lowest BCUT2D eigenvalue weighted by atomic mass is 9.85. The lowest BCUT2D eigenvalue weighted by Crippen LogP contribution is -2.67. The highest BCUT2D eigenvalue weighted by molar-refractivity contribution is 5.49. The second kappa shape index (κ2) is 8.28. The summed E-state index contributed by atoms with van der Waals surface area (Å²) in [5, 5.41) is 10.3. The predicted octanol–water partition coefficient (Wildman–Crippen LogP) is 6.23. The molecule has 180 valence electrons. The lowest BCUT2D eigenvalue weighted by Gasteiger charge is -2.39. The third kappa shape index (κ3) is 4.70. The molecule has 1 aromatic carbocycles. The Bertz CT molecular complexity index is 755. The highest BCUT2D eigenvalue weighted by Gasteiger charge is 2.87. The number of halogens is 11. The average Bonchev–Trinajstić information content (AvgIpc) is 2.60. The van der Waals surface area contributed by atoms with E-state index in [1.165, 1.54) is 12.1 Å². The Hall–Kier alpha value is -1.79. The molecule has 0 amide bonds. The summed E-state index contributed by atoms with van der Waals surface area (Å²) in [6, 6.07) is 4.78. The number of aliphatic hydroxyl groups is 1. The van der Waals surface area contributed by atoms with Crippen molar-refractivity contribution in [3.05, 3.63) is 29.8 Å². The second-order valence-corrected chi connectivity index (χ2v) is 7.10. The zero-order chi connectivity index (χ0) is 24.7. The number of rotatable bonds is 9. The largest absolute Gasteiger partial charge is 0.460 e. The van der Waals surface area contributed by atoms with Crippen LogP contribution in [0.3, 0.4) is 0 Å². The Kier molecular flexibility index (Phi) is 7.28. The van der Waals surface area contributed by atoms with E-state index in [2.05, 4.69) is 0 Å². The van der Waals surface area contributed by atoms with Crippen molar-refractivity contribution >= 4 is 5.69 Å². The van der Waals surface area contributed by atoms with E-state index in [0.717, 1.165) is 12.1 Å². The molecule has 1 atom stereocenters. The van der Waals surface area contributed by atoms with Crippen LogP contribution in [-0.4, -0.2) is 48.1 Å². The maximum atomic E-state index is 14.1. The number of anilines is 1. The van der Waals surface area contributed by atoms with Crippen LogP contribution in [0.25, 0.3) is 0 Å². The van der Waals surface area contributed by atoms with Gasteiger partial charge in [-0.15, -0.1) is 0 Å². The molecular formula is C18H20F11NO. The monoisotopic (exact) mass is 475 g/mol. The van der Waals surface area contributed by atoms with Gasteiger partial charge in [-0.05, 0) is 38.5 Å². The first-order valence-corrected chi connectivity index (χ1v) is 8.85. The van der Waals surface area contributed by atoms with Crippen LogP contribution in [-0.2, 0) is 5.60 Å². The quantitative estimate of drug-likeness (QED) is 0.428. The zero-order valence-corrected chi connectivity index (χ0v) is 16.5. The Balaban J connectivity index is 3.38. The van der Waals surface area contributed by atoms with Crippen molar-refractivity contribution in [3.8, 4) is 0 Å². The third-order valence-corrected chi connectivity index (χ3v) is 4.77. The Labute approximate surface area is 170 Å². The minimum Gasteiger partial charge on any atom is -0.385 e.